The second-order valence-electron chi connectivity index (χ2n) is 5.97. The van der Waals surface area contributed by atoms with Gasteiger partial charge in [-0.1, -0.05) is 13.0 Å². The zero-order valence-electron chi connectivity index (χ0n) is 12.8. The number of benzene rings is 1. The van der Waals surface area contributed by atoms with Gasteiger partial charge in [0.05, 0.1) is 19.3 Å². The molecule has 2 heterocycles. The van der Waals surface area contributed by atoms with Crippen molar-refractivity contribution in [2.45, 2.75) is 44.8 Å². The second-order valence-corrected chi connectivity index (χ2v) is 5.97. The fraction of sp³-hybridized carbons (Fsp3) is 0.647. The number of rotatable bonds is 4. The number of fused-ring (bicyclic) bond motifs is 1. The van der Waals surface area contributed by atoms with E-state index in [-0.39, 0.29) is 0 Å². The van der Waals surface area contributed by atoms with Crippen LogP contribution in [0.15, 0.2) is 18.2 Å². The molecule has 3 rings (SSSR count). The SMILES string of the molecule is CCC1CCCN1CC(O)c1ccc2c(c1)OCCCO2. The number of nitrogens with zero attached hydrogens (tertiary/aromatic N) is 1. The van der Waals surface area contributed by atoms with E-state index in [0.717, 1.165) is 36.4 Å². The first-order valence-electron chi connectivity index (χ1n) is 8.09. The molecule has 4 nitrogen and oxygen atoms in total. The lowest BCUT2D eigenvalue weighted by Gasteiger charge is -2.26. The number of ether oxygens (including phenoxy) is 2. The molecule has 0 aromatic heterocycles. The van der Waals surface area contributed by atoms with E-state index in [0.29, 0.717) is 25.8 Å². The van der Waals surface area contributed by atoms with E-state index in [4.69, 9.17) is 9.47 Å². The molecule has 4 heteroatoms. The summed E-state index contributed by atoms with van der Waals surface area (Å²) in [6, 6.07) is 6.43. The third-order valence-corrected chi connectivity index (χ3v) is 4.53. The van der Waals surface area contributed by atoms with Gasteiger partial charge in [0.25, 0.3) is 0 Å². The van der Waals surface area contributed by atoms with Crippen molar-refractivity contribution in [2.24, 2.45) is 0 Å². The summed E-state index contributed by atoms with van der Waals surface area (Å²) in [5.41, 5.74) is 0.918. The number of β-amino-alcohol motifs (C(OH)–C–C–N with tert-alkyl or cyclic N) is 1. The second kappa shape index (κ2) is 6.67. The summed E-state index contributed by atoms with van der Waals surface area (Å²) in [5, 5.41) is 10.5. The van der Waals surface area contributed by atoms with Crippen molar-refractivity contribution in [3.05, 3.63) is 23.8 Å². The molecule has 1 saturated heterocycles. The largest absolute Gasteiger partial charge is 0.490 e. The minimum atomic E-state index is -0.464. The van der Waals surface area contributed by atoms with Gasteiger partial charge in [0.1, 0.15) is 0 Å². The lowest BCUT2D eigenvalue weighted by atomic mass is 10.1. The normalized spacial score (nSPS) is 23.8. The first-order valence-corrected chi connectivity index (χ1v) is 8.09. The maximum absolute atomic E-state index is 10.5. The third kappa shape index (κ3) is 3.33. The van der Waals surface area contributed by atoms with Crippen LogP contribution >= 0.6 is 0 Å². The van der Waals surface area contributed by atoms with Gasteiger partial charge in [-0.15, -0.1) is 0 Å². The first-order chi connectivity index (χ1) is 10.3. The molecule has 2 unspecified atom stereocenters. The van der Waals surface area contributed by atoms with Crippen LogP contribution in [0.3, 0.4) is 0 Å². The highest BCUT2D eigenvalue weighted by Gasteiger charge is 2.25. The van der Waals surface area contributed by atoms with Crippen LogP contribution < -0.4 is 9.47 Å². The highest BCUT2D eigenvalue weighted by molar-refractivity contribution is 5.44. The molecule has 2 aliphatic heterocycles. The van der Waals surface area contributed by atoms with Crippen molar-refractivity contribution in [2.75, 3.05) is 26.3 Å². The van der Waals surface area contributed by atoms with Crippen LogP contribution in [0, 0.1) is 0 Å². The minimum absolute atomic E-state index is 0.464. The van der Waals surface area contributed by atoms with Crippen LogP contribution in [-0.2, 0) is 0 Å². The van der Waals surface area contributed by atoms with Crippen LogP contribution in [0.4, 0.5) is 0 Å². The average Bonchev–Trinajstić information content (AvgIpc) is 2.81. The smallest absolute Gasteiger partial charge is 0.161 e. The van der Waals surface area contributed by atoms with Crippen molar-refractivity contribution < 1.29 is 14.6 Å². The van der Waals surface area contributed by atoms with Crippen molar-refractivity contribution in [1.29, 1.82) is 0 Å². The number of aliphatic hydroxyl groups excluding tert-OH is 1. The van der Waals surface area contributed by atoms with E-state index in [1.807, 2.05) is 18.2 Å². The van der Waals surface area contributed by atoms with E-state index in [9.17, 15) is 5.11 Å². The van der Waals surface area contributed by atoms with Crippen LogP contribution in [0.5, 0.6) is 11.5 Å². The van der Waals surface area contributed by atoms with E-state index in [1.54, 1.807) is 0 Å². The minimum Gasteiger partial charge on any atom is -0.490 e. The van der Waals surface area contributed by atoms with Gasteiger partial charge in [0, 0.05) is 19.0 Å². The Labute approximate surface area is 126 Å². The Bertz CT molecular complexity index is 477. The van der Waals surface area contributed by atoms with Crippen LogP contribution in [0.2, 0.25) is 0 Å². The van der Waals surface area contributed by atoms with Crippen molar-refractivity contribution in [3.8, 4) is 11.5 Å². The van der Waals surface area contributed by atoms with Crippen LogP contribution in [0.1, 0.15) is 44.3 Å². The monoisotopic (exact) mass is 291 g/mol. The highest BCUT2D eigenvalue weighted by atomic mass is 16.5. The molecule has 1 fully saturated rings. The zero-order chi connectivity index (χ0) is 14.7. The summed E-state index contributed by atoms with van der Waals surface area (Å²) in [6.07, 6.45) is 4.10. The number of hydrogen-bond acceptors (Lipinski definition) is 4. The van der Waals surface area contributed by atoms with E-state index in [2.05, 4.69) is 11.8 Å². The Kier molecular flexibility index (Phi) is 4.66. The van der Waals surface area contributed by atoms with E-state index < -0.39 is 6.10 Å². The maximum atomic E-state index is 10.5. The van der Waals surface area contributed by atoms with Gasteiger partial charge in [-0.2, -0.15) is 0 Å². The standard InChI is InChI=1S/C17H25NO3/c1-2-14-5-3-8-18(14)12-15(19)13-6-7-16-17(11-13)21-10-4-9-20-16/h6-7,11,14-15,19H,2-5,8-10,12H2,1H3. The third-order valence-electron chi connectivity index (χ3n) is 4.53. The first kappa shape index (κ1) is 14.7. The van der Waals surface area contributed by atoms with E-state index in [1.165, 1.54) is 12.8 Å². The molecule has 1 aromatic carbocycles. The van der Waals surface area contributed by atoms with Crippen molar-refractivity contribution in [1.82, 2.24) is 4.90 Å². The lowest BCUT2D eigenvalue weighted by Crippen LogP contribution is -2.32. The molecular weight excluding hydrogens is 266 g/mol. The summed E-state index contributed by atoms with van der Waals surface area (Å²) >= 11 is 0. The average molecular weight is 291 g/mol. The van der Waals surface area contributed by atoms with Gasteiger partial charge < -0.3 is 14.6 Å². The fourth-order valence-electron chi connectivity index (χ4n) is 3.31. The Morgan fingerprint density at radius 1 is 1.24 bits per heavy atom. The fourth-order valence-corrected chi connectivity index (χ4v) is 3.31. The number of aliphatic hydroxyl groups is 1. The maximum Gasteiger partial charge on any atom is 0.161 e. The summed E-state index contributed by atoms with van der Waals surface area (Å²) in [7, 11) is 0. The predicted molar refractivity (Wildman–Crippen MR) is 81.9 cm³/mol. The Balaban J connectivity index is 1.69. The lowest BCUT2D eigenvalue weighted by molar-refractivity contribution is 0.105. The van der Waals surface area contributed by atoms with Gasteiger partial charge in [0.15, 0.2) is 11.5 Å². The quantitative estimate of drug-likeness (QED) is 0.926. The van der Waals surface area contributed by atoms with Crippen LogP contribution in [0.25, 0.3) is 0 Å². The molecule has 0 bridgehead atoms. The molecule has 2 aliphatic rings. The molecule has 0 amide bonds. The Morgan fingerprint density at radius 3 is 2.86 bits per heavy atom. The molecule has 0 aliphatic carbocycles. The molecule has 1 aromatic rings. The van der Waals surface area contributed by atoms with Crippen LogP contribution in [-0.4, -0.2) is 42.4 Å². The van der Waals surface area contributed by atoms with Gasteiger partial charge in [0.2, 0.25) is 0 Å². The Morgan fingerprint density at radius 2 is 2.05 bits per heavy atom. The molecule has 1 N–H and O–H groups in total. The van der Waals surface area contributed by atoms with Gasteiger partial charge in [-0.05, 0) is 43.5 Å². The summed E-state index contributed by atoms with van der Waals surface area (Å²) < 4.78 is 11.3. The Hall–Kier alpha value is -1.26. The number of likely N-dealkylation sites (tertiary alicyclic amines) is 1. The van der Waals surface area contributed by atoms with Gasteiger partial charge in [-0.25, -0.2) is 0 Å². The van der Waals surface area contributed by atoms with Crippen molar-refractivity contribution >= 4 is 0 Å². The summed E-state index contributed by atoms with van der Waals surface area (Å²) in [5.74, 6) is 1.55. The van der Waals surface area contributed by atoms with Gasteiger partial charge >= 0.3 is 0 Å². The molecular formula is C17H25NO3. The predicted octanol–water partition coefficient (Wildman–Crippen LogP) is 2.76. The molecule has 0 spiro atoms. The molecule has 0 radical (unpaired) electrons. The topological polar surface area (TPSA) is 41.9 Å². The summed E-state index contributed by atoms with van der Waals surface area (Å²) in [4.78, 5) is 2.41. The van der Waals surface area contributed by atoms with Crippen molar-refractivity contribution in [3.63, 3.8) is 0 Å². The highest BCUT2D eigenvalue weighted by Crippen LogP contribution is 2.33. The molecule has 21 heavy (non-hydrogen) atoms. The number of hydrogen-bond donors (Lipinski definition) is 1. The molecule has 2 atom stereocenters. The summed E-state index contributed by atoms with van der Waals surface area (Å²) in [6.45, 7) is 5.40. The van der Waals surface area contributed by atoms with Gasteiger partial charge in [-0.3, -0.25) is 4.90 Å². The molecule has 116 valence electrons. The zero-order valence-corrected chi connectivity index (χ0v) is 12.8. The van der Waals surface area contributed by atoms with E-state index >= 15 is 0 Å². The molecule has 0 saturated carbocycles.